The summed E-state index contributed by atoms with van der Waals surface area (Å²) in [6, 6.07) is 0. The van der Waals surface area contributed by atoms with Crippen molar-refractivity contribution in [1.82, 2.24) is 0 Å². The zero-order valence-electron chi connectivity index (χ0n) is 7.46. The van der Waals surface area contributed by atoms with Gasteiger partial charge in [-0.3, -0.25) is 0 Å². The number of rotatable bonds is 4. The number of quaternary nitrogens is 1. The topological polar surface area (TPSA) is 101 Å². The van der Waals surface area contributed by atoms with Crippen molar-refractivity contribution in [2.45, 2.75) is 5.37 Å². The fraction of sp³-hybridized carbons (Fsp3) is 0.800. The molecule has 0 radical (unpaired) electrons. The minimum atomic E-state index is -4.49. The van der Waals surface area contributed by atoms with E-state index < -0.39 is 25.9 Å². The zero-order valence-corrected chi connectivity index (χ0v) is 8.28. The van der Waals surface area contributed by atoms with Gasteiger partial charge in [-0.25, -0.2) is 10.1 Å². The smallest absolute Gasteiger partial charge is 0.381 e. The Kier molecular flexibility index (Phi) is 3.39. The summed E-state index contributed by atoms with van der Waals surface area (Å²) in [7, 11) is -0.419. The van der Waals surface area contributed by atoms with Gasteiger partial charge in [-0.2, -0.15) is 8.42 Å². The Morgan fingerprint density at radius 1 is 1.38 bits per heavy atom. The highest BCUT2D eigenvalue weighted by atomic mass is 32.2. The fourth-order valence-electron chi connectivity index (χ4n) is 0.883. The van der Waals surface area contributed by atoms with Crippen LogP contribution in [-0.2, 0) is 19.2 Å². The van der Waals surface area contributed by atoms with Crippen molar-refractivity contribution in [1.29, 1.82) is 0 Å². The molecule has 13 heavy (non-hydrogen) atoms. The molecule has 2 N–H and O–H groups in total. The molecule has 7 nitrogen and oxygen atoms in total. The molecule has 0 spiro atoms. The largest absolute Gasteiger partial charge is 0.476 e. The van der Waals surface area contributed by atoms with Crippen LogP contribution >= 0.6 is 0 Å². The quantitative estimate of drug-likeness (QED) is 0.351. The maximum atomic E-state index is 10.9. The van der Waals surface area contributed by atoms with E-state index in [9.17, 15) is 13.2 Å². The first kappa shape index (κ1) is 12.3. The number of aliphatic carboxylic acids is 1. The summed E-state index contributed by atoms with van der Waals surface area (Å²) in [4.78, 5) is 10.6. The Labute approximate surface area is 75.8 Å². The van der Waals surface area contributed by atoms with Crippen LogP contribution in [0.15, 0.2) is 0 Å². The molecule has 8 heteroatoms. The van der Waals surface area contributed by atoms with Gasteiger partial charge in [0.15, 0.2) is 0 Å². The van der Waals surface area contributed by atoms with Crippen molar-refractivity contribution in [2.24, 2.45) is 0 Å². The van der Waals surface area contributed by atoms with E-state index in [4.69, 9.17) is 10.4 Å². The number of likely N-dealkylation sites (N-methyl/N-ethyl adjacent to an activating group) is 1. The maximum absolute atomic E-state index is 10.9. The third-order valence-electron chi connectivity index (χ3n) is 1.29. The first-order valence-electron chi connectivity index (χ1n) is 3.23. The highest BCUT2D eigenvalue weighted by Gasteiger charge is 2.45. The van der Waals surface area contributed by atoms with Gasteiger partial charge in [-0.05, 0) is 0 Å². The van der Waals surface area contributed by atoms with E-state index in [0.29, 0.717) is 0 Å². The second kappa shape index (κ2) is 3.58. The van der Waals surface area contributed by atoms with Crippen molar-refractivity contribution in [2.75, 3.05) is 21.1 Å². The minimum Gasteiger partial charge on any atom is -0.476 e. The standard InChI is InChI=1S/C5H11NO6S/c1-6(2,3)4(5(7)8)13(10,11)12-9/h4H,1-3H3,(H-,7,8,9)/p+1. The number of carboxylic acids is 1. The molecule has 0 saturated heterocycles. The van der Waals surface area contributed by atoms with Gasteiger partial charge in [0.25, 0.3) is 0 Å². The van der Waals surface area contributed by atoms with Crippen molar-refractivity contribution in [3.05, 3.63) is 0 Å². The average Bonchev–Trinajstić information content (AvgIpc) is 1.82. The van der Waals surface area contributed by atoms with Gasteiger partial charge in [0.2, 0.25) is 0 Å². The molecule has 1 unspecified atom stereocenters. The Morgan fingerprint density at radius 2 is 1.77 bits per heavy atom. The van der Waals surface area contributed by atoms with Crippen LogP contribution in [0.5, 0.6) is 0 Å². The second-order valence-corrected chi connectivity index (χ2v) is 4.96. The molecule has 78 valence electrons. The fourth-order valence-corrected chi connectivity index (χ4v) is 1.99. The molecule has 0 amide bonds. The Hall–Kier alpha value is -0.700. The summed E-state index contributed by atoms with van der Waals surface area (Å²) in [5.74, 6) is -1.58. The van der Waals surface area contributed by atoms with Crippen LogP contribution in [-0.4, -0.2) is 55.8 Å². The molecule has 0 aliphatic rings. The molecule has 0 aromatic rings. The van der Waals surface area contributed by atoms with Crippen molar-refractivity contribution >= 4 is 16.1 Å². The molecule has 1 atom stereocenters. The highest BCUT2D eigenvalue weighted by Crippen LogP contribution is 2.12. The van der Waals surface area contributed by atoms with Gasteiger partial charge in [0, 0.05) is 0 Å². The Bertz CT molecular complexity index is 289. The molecule has 0 aliphatic carbocycles. The summed E-state index contributed by atoms with van der Waals surface area (Å²) in [6.45, 7) is 0. The van der Waals surface area contributed by atoms with Crippen molar-refractivity contribution in [3.8, 4) is 0 Å². The molecule has 0 rings (SSSR count). The van der Waals surface area contributed by atoms with Crippen LogP contribution in [0.25, 0.3) is 0 Å². The van der Waals surface area contributed by atoms with Crippen LogP contribution in [0.3, 0.4) is 0 Å². The van der Waals surface area contributed by atoms with Gasteiger partial charge in [0.1, 0.15) is 0 Å². The van der Waals surface area contributed by atoms with E-state index in [0.717, 1.165) is 0 Å². The van der Waals surface area contributed by atoms with Gasteiger partial charge in [-0.15, -0.1) is 4.33 Å². The van der Waals surface area contributed by atoms with Crippen molar-refractivity contribution in [3.63, 3.8) is 0 Å². The number of hydrogen-bond acceptors (Lipinski definition) is 5. The lowest BCUT2D eigenvalue weighted by Crippen LogP contribution is -2.54. The van der Waals surface area contributed by atoms with E-state index in [1.165, 1.54) is 21.1 Å². The monoisotopic (exact) mass is 214 g/mol. The van der Waals surface area contributed by atoms with E-state index in [1.807, 2.05) is 0 Å². The summed E-state index contributed by atoms with van der Waals surface area (Å²) < 4.78 is 24.6. The predicted octanol–water partition coefficient (Wildman–Crippen LogP) is -1.08. The first-order valence-corrected chi connectivity index (χ1v) is 4.71. The maximum Gasteiger partial charge on any atom is 0.381 e. The lowest BCUT2D eigenvalue weighted by molar-refractivity contribution is -0.874. The SMILES string of the molecule is C[N+](C)(C)C(C(=O)O)S(=O)(=O)OO. The van der Waals surface area contributed by atoms with Gasteiger partial charge >= 0.3 is 21.5 Å². The molecular weight excluding hydrogens is 202 g/mol. The summed E-state index contributed by atoms with van der Waals surface area (Å²) in [5, 5.41) is 14.8. The number of carbonyl (C=O) groups is 1. The van der Waals surface area contributed by atoms with Crippen LogP contribution < -0.4 is 0 Å². The molecular formula is C5H12NO6S+. The van der Waals surface area contributed by atoms with Gasteiger partial charge in [-0.1, -0.05) is 0 Å². The van der Waals surface area contributed by atoms with E-state index in [-0.39, 0.29) is 0 Å². The second-order valence-electron chi connectivity index (χ2n) is 3.37. The van der Waals surface area contributed by atoms with E-state index in [2.05, 4.69) is 4.33 Å². The number of carboxylic acid groups (broad SMARTS) is 1. The van der Waals surface area contributed by atoms with Gasteiger partial charge in [0.05, 0.1) is 21.1 Å². The zero-order chi connectivity index (χ0) is 10.9. The third kappa shape index (κ3) is 2.92. The molecule has 0 heterocycles. The van der Waals surface area contributed by atoms with E-state index in [1.54, 1.807) is 0 Å². The molecule has 0 bridgehead atoms. The van der Waals surface area contributed by atoms with Crippen LogP contribution in [0.2, 0.25) is 0 Å². The average molecular weight is 214 g/mol. The lowest BCUT2D eigenvalue weighted by atomic mass is 10.5. The Balaban J connectivity index is 5.20. The normalized spacial score (nSPS) is 15.4. The molecule has 0 saturated carbocycles. The number of hydrogen-bond donors (Lipinski definition) is 2. The summed E-state index contributed by atoms with van der Waals surface area (Å²) in [5.41, 5.74) is 0. The van der Waals surface area contributed by atoms with Crippen LogP contribution in [0, 0.1) is 0 Å². The minimum absolute atomic E-state index is 0.405. The molecule has 0 aliphatic heterocycles. The van der Waals surface area contributed by atoms with Crippen LogP contribution in [0.4, 0.5) is 0 Å². The first-order chi connectivity index (χ1) is 5.63. The van der Waals surface area contributed by atoms with E-state index >= 15 is 0 Å². The third-order valence-corrected chi connectivity index (χ3v) is 2.88. The van der Waals surface area contributed by atoms with Gasteiger partial charge < -0.3 is 9.59 Å². The predicted molar refractivity (Wildman–Crippen MR) is 42.1 cm³/mol. The lowest BCUT2D eigenvalue weighted by Gasteiger charge is -2.28. The summed E-state index contributed by atoms with van der Waals surface area (Å²) >= 11 is 0. The molecule has 0 fully saturated rings. The molecule has 0 aromatic carbocycles. The highest BCUT2D eigenvalue weighted by molar-refractivity contribution is 7.87. The Morgan fingerprint density at radius 3 is 1.85 bits per heavy atom. The van der Waals surface area contributed by atoms with Crippen molar-refractivity contribution < 1.29 is 32.4 Å². The summed E-state index contributed by atoms with van der Waals surface area (Å²) in [6.07, 6.45) is 0. The molecule has 0 aromatic heterocycles. The van der Waals surface area contributed by atoms with Crippen LogP contribution in [0.1, 0.15) is 0 Å². The number of nitrogens with zero attached hydrogens (tertiary/aromatic N) is 1.